The molecule has 1 aliphatic rings. The van der Waals surface area contributed by atoms with Gasteiger partial charge in [0.1, 0.15) is 0 Å². The fourth-order valence-electron chi connectivity index (χ4n) is 3.17. The Hall–Kier alpha value is -2.80. The van der Waals surface area contributed by atoms with E-state index < -0.39 is 0 Å². The summed E-state index contributed by atoms with van der Waals surface area (Å²) in [4.78, 5) is 17.0. The molecule has 4 nitrogen and oxygen atoms in total. The number of nitriles is 1. The van der Waals surface area contributed by atoms with Crippen molar-refractivity contribution < 1.29 is 4.79 Å². The second-order valence-corrected chi connectivity index (χ2v) is 6.29. The van der Waals surface area contributed by atoms with Gasteiger partial charge in [-0.2, -0.15) is 5.26 Å². The first-order valence-electron chi connectivity index (χ1n) is 8.22. The van der Waals surface area contributed by atoms with E-state index in [1.807, 2.05) is 4.90 Å². The van der Waals surface area contributed by atoms with E-state index in [0.717, 1.165) is 13.1 Å². The number of nitrogens with zero attached hydrogens (tertiary/aromatic N) is 3. The molecular formula is C20H21N3O. The number of benzene rings is 2. The topological polar surface area (TPSA) is 47.3 Å². The first kappa shape index (κ1) is 16.1. The highest BCUT2D eigenvalue weighted by atomic mass is 16.2. The monoisotopic (exact) mass is 319 g/mol. The Labute approximate surface area is 142 Å². The highest BCUT2D eigenvalue weighted by Gasteiger charge is 2.29. The molecule has 0 bridgehead atoms. The standard InChI is InChI=1S/C20H21N3O/c1-15-7-9-18(10-8-15)22-11-12-23(16(2)14-22)20(24)19-6-4-3-5-17(19)13-21/h3-10,16H,11-12,14H2,1-2H3. The molecule has 4 heteroatoms. The van der Waals surface area contributed by atoms with Gasteiger partial charge in [-0.25, -0.2) is 0 Å². The molecule has 1 aliphatic heterocycles. The Kier molecular flexibility index (Phi) is 4.52. The van der Waals surface area contributed by atoms with Crippen molar-refractivity contribution in [1.29, 1.82) is 5.26 Å². The number of rotatable bonds is 2. The van der Waals surface area contributed by atoms with Crippen LogP contribution < -0.4 is 4.90 Å². The molecule has 1 fully saturated rings. The van der Waals surface area contributed by atoms with Gasteiger partial charge in [0.25, 0.3) is 5.91 Å². The summed E-state index contributed by atoms with van der Waals surface area (Å²) in [6.45, 7) is 6.40. The minimum absolute atomic E-state index is 0.0526. The fraction of sp³-hybridized carbons (Fsp3) is 0.300. The van der Waals surface area contributed by atoms with E-state index in [1.54, 1.807) is 24.3 Å². The van der Waals surface area contributed by atoms with Gasteiger partial charge in [-0.3, -0.25) is 4.79 Å². The molecule has 0 spiro atoms. The minimum Gasteiger partial charge on any atom is -0.368 e. The first-order valence-corrected chi connectivity index (χ1v) is 8.22. The fourth-order valence-corrected chi connectivity index (χ4v) is 3.17. The summed E-state index contributed by atoms with van der Waals surface area (Å²) in [6.07, 6.45) is 0. The van der Waals surface area contributed by atoms with Gasteiger partial charge >= 0.3 is 0 Å². The third kappa shape index (κ3) is 3.11. The largest absolute Gasteiger partial charge is 0.368 e. The second kappa shape index (κ2) is 6.76. The number of aryl methyl sites for hydroxylation is 1. The Morgan fingerprint density at radius 2 is 1.83 bits per heavy atom. The summed E-state index contributed by atoms with van der Waals surface area (Å²) in [6, 6.07) is 17.7. The molecule has 1 unspecified atom stereocenters. The Bertz CT molecular complexity index is 776. The molecule has 0 saturated carbocycles. The molecule has 1 amide bonds. The molecule has 0 radical (unpaired) electrons. The van der Waals surface area contributed by atoms with E-state index in [-0.39, 0.29) is 11.9 Å². The van der Waals surface area contributed by atoms with Gasteiger partial charge in [-0.1, -0.05) is 29.8 Å². The van der Waals surface area contributed by atoms with Crippen LogP contribution in [0.5, 0.6) is 0 Å². The van der Waals surface area contributed by atoms with Crippen molar-refractivity contribution >= 4 is 11.6 Å². The number of hydrogen-bond acceptors (Lipinski definition) is 3. The van der Waals surface area contributed by atoms with Crippen LogP contribution >= 0.6 is 0 Å². The summed E-state index contributed by atoms with van der Waals surface area (Å²) < 4.78 is 0. The average Bonchev–Trinajstić information content (AvgIpc) is 2.61. The van der Waals surface area contributed by atoms with Crippen LogP contribution in [0.2, 0.25) is 0 Å². The third-order valence-corrected chi connectivity index (χ3v) is 4.57. The zero-order chi connectivity index (χ0) is 17.1. The van der Waals surface area contributed by atoms with Crippen LogP contribution in [0.25, 0.3) is 0 Å². The molecular weight excluding hydrogens is 298 g/mol. The van der Waals surface area contributed by atoms with Gasteiger partial charge in [-0.15, -0.1) is 0 Å². The summed E-state index contributed by atoms with van der Waals surface area (Å²) >= 11 is 0. The normalized spacial score (nSPS) is 17.5. The molecule has 2 aromatic rings. The SMILES string of the molecule is Cc1ccc(N2CCN(C(=O)c3ccccc3C#N)C(C)C2)cc1. The summed E-state index contributed by atoms with van der Waals surface area (Å²) in [5.41, 5.74) is 3.37. The van der Waals surface area contributed by atoms with E-state index in [2.05, 4.69) is 49.1 Å². The van der Waals surface area contributed by atoms with Gasteiger partial charge in [0.15, 0.2) is 0 Å². The van der Waals surface area contributed by atoms with Gasteiger partial charge in [0.05, 0.1) is 17.2 Å². The van der Waals surface area contributed by atoms with Crippen molar-refractivity contribution in [1.82, 2.24) is 4.90 Å². The van der Waals surface area contributed by atoms with Gasteiger partial charge in [-0.05, 0) is 38.1 Å². The number of amides is 1. The van der Waals surface area contributed by atoms with Crippen LogP contribution in [-0.4, -0.2) is 36.5 Å². The predicted octanol–water partition coefficient (Wildman–Crippen LogP) is 3.22. The maximum Gasteiger partial charge on any atom is 0.255 e. The quantitative estimate of drug-likeness (QED) is 0.854. The van der Waals surface area contributed by atoms with Crippen LogP contribution in [0.3, 0.4) is 0 Å². The van der Waals surface area contributed by atoms with E-state index in [0.29, 0.717) is 17.7 Å². The lowest BCUT2D eigenvalue weighted by atomic mass is 10.0. The van der Waals surface area contributed by atoms with Crippen molar-refractivity contribution in [3.8, 4) is 6.07 Å². The number of anilines is 1. The lowest BCUT2D eigenvalue weighted by molar-refractivity contribution is 0.0674. The van der Waals surface area contributed by atoms with Crippen molar-refractivity contribution in [2.75, 3.05) is 24.5 Å². The molecule has 3 rings (SSSR count). The molecule has 122 valence electrons. The third-order valence-electron chi connectivity index (χ3n) is 4.57. The molecule has 0 N–H and O–H groups in total. The highest BCUT2D eigenvalue weighted by molar-refractivity contribution is 5.97. The predicted molar refractivity (Wildman–Crippen MR) is 95.0 cm³/mol. The molecule has 0 aliphatic carbocycles. The average molecular weight is 319 g/mol. The van der Waals surface area contributed by atoms with Gasteiger partial charge in [0.2, 0.25) is 0 Å². The second-order valence-electron chi connectivity index (χ2n) is 6.29. The summed E-state index contributed by atoms with van der Waals surface area (Å²) in [5.74, 6) is -0.0526. The molecule has 24 heavy (non-hydrogen) atoms. The maximum atomic E-state index is 12.8. The van der Waals surface area contributed by atoms with Gasteiger partial charge < -0.3 is 9.80 Å². The number of hydrogen-bond donors (Lipinski definition) is 0. The Morgan fingerprint density at radius 1 is 1.12 bits per heavy atom. The first-order chi connectivity index (χ1) is 11.6. The molecule has 0 aromatic heterocycles. The molecule has 1 saturated heterocycles. The number of carbonyl (C=O) groups excluding carboxylic acids is 1. The Balaban J connectivity index is 1.75. The van der Waals surface area contributed by atoms with Crippen molar-refractivity contribution in [2.45, 2.75) is 19.9 Å². The van der Waals surface area contributed by atoms with Gasteiger partial charge in [0, 0.05) is 31.4 Å². The van der Waals surface area contributed by atoms with E-state index in [9.17, 15) is 10.1 Å². The zero-order valence-corrected chi connectivity index (χ0v) is 14.1. The van der Waals surface area contributed by atoms with E-state index in [1.165, 1.54) is 11.3 Å². The van der Waals surface area contributed by atoms with Crippen LogP contribution in [0.1, 0.15) is 28.4 Å². The van der Waals surface area contributed by atoms with E-state index >= 15 is 0 Å². The molecule has 1 atom stereocenters. The lowest BCUT2D eigenvalue weighted by Crippen LogP contribution is -2.54. The van der Waals surface area contributed by atoms with E-state index in [4.69, 9.17) is 0 Å². The molecule has 1 heterocycles. The lowest BCUT2D eigenvalue weighted by Gasteiger charge is -2.41. The van der Waals surface area contributed by atoms with Crippen LogP contribution in [0, 0.1) is 18.3 Å². The van der Waals surface area contributed by atoms with Crippen LogP contribution in [0.15, 0.2) is 48.5 Å². The van der Waals surface area contributed by atoms with Crippen molar-refractivity contribution in [3.05, 3.63) is 65.2 Å². The van der Waals surface area contributed by atoms with Crippen LogP contribution in [-0.2, 0) is 0 Å². The summed E-state index contributed by atoms with van der Waals surface area (Å²) in [7, 11) is 0. The molecule has 2 aromatic carbocycles. The van der Waals surface area contributed by atoms with Crippen molar-refractivity contribution in [3.63, 3.8) is 0 Å². The van der Waals surface area contributed by atoms with Crippen molar-refractivity contribution in [2.24, 2.45) is 0 Å². The number of piperazine rings is 1. The maximum absolute atomic E-state index is 12.8. The van der Waals surface area contributed by atoms with Crippen LogP contribution in [0.4, 0.5) is 5.69 Å². The smallest absolute Gasteiger partial charge is 0.255 e. The highest BCUT2D eigenvalue weighted by Crippen LogP contribution is 2.22. The zero-order valence-electron chi connectivity index (χ0n) is 14.1. The number of carbonyl (C=O) groups is 1. The Morgan fingerprint density at radius 3 is 2.50 bits per heavy atom. The summed E-state index contributed by atoms with van der Waals surface area (Å²) in [5, 5.41) is 9.22. The minimum atomic E-state index is -0.0526.